The van der Waals surface area contributed by atoms with Crippen molar-refractivity contribution in [3.8, 4) is 5.75 Å². The number of carbonyl (C=O) groups excluding carboxylic acids is 2. The summed E-state index contributed by atoms with van der Waals surface area (Å²) in [6, 6.07) is 13.6. The first kappa shape index (κ1) is 15.6. The minimum absolute atomic E-state index is 0.185. The van der Waals surface area contributed by atoms with Crippen molar-refractivity contribution in [3.05, 3.63) is 59.7 Å². The molecule has 22 heavy (non-hydrogen) atoms. The van der Waals surface area contributed by atoms with Crippen LogP contribution in [0.4, 0.5) is 10.5 Å². The maximum atomic E-state index is 12.6. The molecular formula is C17H17NO4. The van der Waals surface area contributed by atoms with E-state index in [1.807, 2.05) is 0 Å². The van der Waals surface area contributed by atoms with Crippen LogP contribution in [-0.4, -0.2) is 25.6 Å². The molecule has 2 aromatic rings. The van der Waals surface area contributed by atoms with Gasteiger partial charge in [-0.15, -0.1) is 0 Å². The molecule has 5 nitrogen and oxygen atoms in total. The molecule has 2 rings (SSSR count). The fraction of sp³-hybridized carbons (Fsp3) is 0.176. The van der Waals surface area contributed by atoms with E-state index in [-0.39, 0.29) is 12.4 Å². The minimum atomic E-state index is -0.586. The Labute approximate surface area is 128 Å². The molecule has 114 valence electrons. The van der Waals surface area contributed by atoms with Gasteiger partial charge >= 0.3 is 6.09 Å². The van der Waals surface area contributed by atoms with E-state index in [9.17, 15) is 9.59 Å². The van der Waals surface area contributed by atoms with Crippen LogP contribution in [0.5, 0.6) is 5.75 Å². The molecule has 0 fully saturated rings. The number of ether oxygens (including phenoxy) is 2. The van der Waals surface area contributed by atoms with Gasteiger partial charge in [-0.05, 0) is 43.3 Å². The fourth-order valence-corrected chi connectivity index (χ4v) is 1.97. The first-order valence-corrected chi connectivity index (χ1v) is 6.87. The number of hydrogen-bond donors (Lipinski definition) is 1. The van der Waals surface area contributed by atoms with Gasteiger partial charge in [-0.3, -0.25) is 10.1 Å². The highest BCUT2D eigenvalue weighted by Gasteiger charge is 2.15. The molecule has 1 N–H and O–H groups in total. The number of carbonyl (C=O) groups is 2. The Hall–Kier alpha value is -2.82. The number of methoxy groups -OCH3 is 1. The van der Waals surface area contributed by atoms with Crippen LogP contribution in [0.3, 0.4) is 0 Å². The van der Waals surface area contributed by atoms with Crippen LogP contribution in [-0.2, 0) is 4.74 Å². The summed E-state index contributed by atoms with van der Waals surface area (Å²) in [7, 11) is 1.56. The van der Waals surface area contributed by atoms with Crippen molar-refractivity contribution in [2.24, 2.45) is 0 Å². The molecule has 0 aliphatic rings. The van der Waals surface area contributed by atoms with Crippen molar-refractivity contribution in [1.29, 1.82) is 0 Å². The highest BCUT2D eigenvalue weighted by molar-refractivity contribution is 6.13. The molecule has 1 amide bonds. The molecule has 0 atom stereocenters. The first-order valence-electron chi connectivity index (χ1n) is 6.87. The van der Waals surface area contributed by atoms with Crippen molar-refractivity contribution in [2.75, 3.05) is 19.0 Å². The Morgan fingerprint density at radius 1 is 1.05 bits per heavy atom. The van der Waals surface area contributed by atoms with Gasteiger partial charge < -0.3 is 9.47 Å². The predicted octanol–water partition coefficient (Wildman–Crippen LogP) is 3.49. The molecule has 5 heteroatoms. The molecule has 0 radical (unpaired) electrons. The summed E-state index contributed by atoms with van der Waals surface area (Å²) in [6.07, 6.45) is -0.586. The van der Waals surface area contributed by atoms with Crippen LogP contribution >= 0.6 is 0 Å². The van der Waals surface area contributed by atoms with E-state index in [1.54, 1.807) is 62.6 Å². The zero-order valence-electron chi connectivity index (χ0n) is 12.5. The average Bonchev–Trinajstić information content (AvgIpc) is 2.55. The molecule has 0 unspecified atom stereocenters. The fourth-order valence-electron chi connectivity index (χ4n) is 1.97. The summed E-state index contributed by atoms with van der Waals surface area (Å²) in [5.41, 5.74) is 1.33. The highest BCUT2D eigenvalue weighted by atomic mass is 16.5. The Kier molecular flexibility index (Phi) is 5.14. The highest BCUT2D eigenvalue weighted by Crippen LogP contribution is 2.21. The van der Waals surface area contributed by atoms with E-state index in [4.69, 9.17) is 9.47 Å². The number of amides is 1. The lowest BCUT2D eigenvalue weighted by Crippen LogP contribution is -2.16. The summed E-state index contributed by atoms with van der Waals surface area (Å²) in [6.45, 7) is 1.98. The van der Waals surface area contributed by atoms with Crippen molar-refractivity contribution in [3.63, 3.8) is 0 Å². The van der Waals surface area contributed by atoms with E-state index in [0.717, 1.165) is 0 Å². The summed E-state index contributed by atoms with van der Waals surface area (Å²) in [5, 5.41) is 2.58. The molecule has 0 aliphatic carbocycles. The second-order valence-electron chi connectivity index (χ2n) is 4.45. The Bertz CT molecular complexity index is 665. The Morgan fingerprint density at radius 3 is 2.36 bits per heavy atom. The zero-order chi connectivity index (χ0) is 15.9. The summed E-state index contributed by atoms with van der Waals surface area (Å²) in [5.74, 6) is 0.490. The molecule has 0 aromatic heterocycles. The summed E-state index contributed by atoms with van der Waals surface area (Å²) in [4.78, 5) is 24.1. The van der Waals surface area contributed by atoms with E-state index in [2.05, 4.69) is 5.32 Å². The number of para-hydroxylation sites is 1. The van der Waals surface area contributed by atoms with Gasteiger partial charge in [0.15, 0.2) is 5.78 Å². The standard InChI is InChI=1S/C17H17NO4/c1-3-22-17(20)18-15-7-5-4-6-14(15)16(19)12-8-10-13(21-2)11-9-12/h4-11H,3H2,1-2H3,(H,18,20). The van der Waals surface area contributed by atoms with Gasteiger partial charge in [-0.1, -0.05) is 12.1 Å². The van der Waals surface area contributed by atoms with Gasteiger partial charge in [0.25, 0.3) is 0 Å². The SMILES string of the molecule is CCOC(=O)Nc1ccccc1C(=O)c1ccc(OC)cc1. The van der Waals surface area contributed by atoms with Gasteiger partial charge in [0, 0.05) is 11.1 Å². The lowest BCUT2D eigenvalue weighted by Gasteiger charge is -2.10. The van der Waals surface area contributed by atoms with Crippen LogP contribution in [0, 0.1) is 0 Å². The second-order valence-corrected chi connectivity index (χ2v) is 4.45. The molecule has 0 spiro atoms. The third-order valence-corrected chi connectivity index (χ3v) is 3.04. The Morgan fingerprint density at radius 2 is 1.73 bits per heavy atom. The van der Waals surface area contributed by atoms with E-state index < -0.39 is 6.09 Å². The van der Waals surface area contributed by atoms with E-state index >= 15 is 0 Å². The molecule has 2 aromatic carbocycles. The number of nitrogens with one attached hydrogen (secondary N) is 1. The smallest absolute Gasteiger partial charge is 0.411 e. The summed E-state index contributed by atoms with van der Waals surface area (Å²) < 4.78 is 9.91. The molecule has 0 saturated carbocycles. The van der Waals surface area contributed by atoms with Gasteiger partial charge in [0.1, 0.15) is 5.75 Å². The van der Waals surface area contributed by atoms with Crippen LogP contribution in [0.1, 0.15) is 22.8 Å². The van der Waals surface area contributed by atoms with E-state index in [1.165, 1.54) is 0 Å². The van der Waals surface area contributed by atoms with Gasteiger partial charge in [0.2, 0.25) is 0 Å². The Balaban J connectivity index is 2.27. The molecule has 0 heterocycles. The van der Waals surface area contributed by atoms with Crippen molar-refractivity contribution in [2.45, 2.75) is 6.92 Å². The van der Waals surface area contributed by atoms with E-state index in [0.29, 0.717) is 22.6 Å². The van der Waals surface area contributed by atoms with Crippen LogP contribution < -0.4 is 10.1 Å². The van der Waals surface area contributed by atoms with Gasteiger partial charge in [-0.25, -0.2) is 4.79 Å². The average molecular weight is 299 g/mol. The van der Waals surface area contributed by atoms with Crippen molar-refractivity contribution < 1.29 is 19.1 Å². The van der Waals surface area contributed by atoms with Crippen molar-refractivity contribution in [1.82, 2.24) is 0 Å². The zero-order valence-corrected chi connectivity index (χ0v) is 12.5. The topological polar surface area (TPSA) is 64.6 Å². The lowest BCUT2D eigenvalue weighted by atomic mass is 10.0. The quantitative estimate of drug-likeness (QED) is 0.858. The van der Waals surface area contributed by atoms with Crippen molar-refractivity contribution >= 4 is 17.6 Å². The third kappa shape index (κ3) is 3.63. The number of benzene rings is 2. The number of rotatable bonds is 5. The van der Waals surface area contributed by atoms with Gasteiger partial charge in [-0.2, -0.15) is 0 Å². The first-order chi connectivity index (χ1) is 10.7. The van der Waals surface area contributed by atoms with Crippen LogP contribution in [0.25, 0.3) is 0 Å². The minimum Gasteiger partial charge on any atom is -0.497 e. The predicted molar refractivity (Wildman–Crippen MR) is 83.5 cm³/mol. The maximum Gasteiger partial charge on any atom is 0.411 e. The molecule has 0 saturated heterocycles. The largest absolute Gasteiger partial charge is 0.497 e. The molecule has 0 bridgehead atoms. The maximum absolute atomic E-state index is 12.6. The van der Waals surface area contributed by atoms with Crippen LogP contribution in [0.2, 0.25) is 0 Å². The second kappa shape index (κ2) is 7.26. The monoisotopic (exact) mass is 299 g/mol. The van der Waals surface area contributed by atoms with Crippen LogP contribution in [0.15, 0.2) is 48.5 Å². The lowest BCUT2D eigenvalue weighted by molar-refractivity contribution is 0.103. The number of hydrogen-bond acceptors (Lipinski definition) is 4. The normalized spacial score (nSPS) is 9.91. The summed E-state index contributed by atoms with van der Waals surface area (Å²) >= 11 is 0. The number of ketones is 1. The number of anilines is 1. The third-order valence-electron chi connectivity index (χ3n) is 3.04. The molecule has 0 aliphatic heterocycles. The molecular weight excluding hydrogens is 282 g/mol. The van der Waals surface area contributed by atoms with Gasteiger partial charge in [0.05, 0.1) is 19.4 Å².